The zero-order valence-corrected chi connectivity index (χ0v) is 5.54. The van der Waals surface area contributed by atoms with Gasteiger partial charge in [0, 0.05) is 0 Å². The summed E-state index contributed by atoms with van der Waals surface area (Å²) in [7, 11) is 0. The second-order valence-corrected chi connectivity index (χ2v) is 2.26. The van der Waals surface area contributed by atoms with E-state index in [4.69, 9.17) is 0 Å². The molecule has 0 amide bonds. The molecule has 0 nitrogen and oxygen atoms in total. The van der Waals surface area contributed by atoms with E-state index in [1.54, 1.807) is 0 Å². The maximum atomic E-state index is 3.16. The van der Waals surface area contributed by atoms with Gasteiger partial charge in [-0.05, 0) is 17.2 Å². The third-order valence-corrected chi connectivity index (χ3v) is 1.57. The molecule has 0 N–H and O–H groups in total. The molecular weight excluding hydrogens is 120 g/mol. The van der Waals surface area contributed by atoms with Crippen molar-refractivity contribution in [3.8, 4) is 11.1 Å². The lowest BCUT2D eigenvalue weighted by atomic mass is 10.2. The molecule has 2 rings (SSSR count). The summed E-state index contributed by atoms with van der Waals surface area (Å²) in [6.07, 6.45) is 0. The van der Waals surface area contributed by atoms with Crippen LogP contribution in [-0.4, -0.2) is 0 Å². The SMILES string of the molecule is [c]1ccccc2cccc1-2. The van der Waals surface area contributed by atoms with Crippen LogP contribution < -0.4 is 0 Å². The molecule has 0 aromatic heterocycles. The highest BCUT2D eigenvalue weighted by Gasteiger charge is 1.95. The molecule has 0 saturated carbocycles. The fourth-order valence-corrected chi connectivity index (χ4v) is 1.06. The maximum absolute atomic E-state index is 3.16. The van der Waals surface area contributed by atoms with Gasteiger partial charge in [0.15, 0.2) is 0 Å². The average Bonchev–Trinajstić information content (AvgIpc) is 2.28. The van der Waals surface area contributed by atoms with Crippen molar-refractivity contribution in [3.05, 3.63) is 48.5 Å². The summed E-state index contributed by atoms with van der Waals surface area (Å²) in [4.78, 5) is 0. The monoisotopic (exact) mass is 127 g/mol. The van der Waals surface area contributed by atoms with E-state index in [-0.39, 0.29) is 0 Å². The first-order chi connectivity index (χ1) is 4.97. The number of hydrogen-bond donors (Lipinski definition) is 0. The molecule has 0 heteroatoms. The molecule has 2 aliphatic rings. The fraction of sp³-hybridized carbons (Fsp3) is 0. The predicted octanol–water partition coefficient (Wildman–Crippen LogP) is 2.59. The smallest absolute Gasteiger partial charge is 0.00992 e. The lowest BCUT2D eigenvalue weighted by Crippen LogP contribution is -1.60. The molecule has 1 radical (unpaired) electrons. The lowest BCUT2D eigenvalue weighted by Gasteiger charge is -1.85. The van der Waals surface area contributed by atoms with E-state index < -0.39 is 0 Å². The van der Waals surface area contributed by atoms with Crippen LogP contribution in [0.1, 0.15) is 0 Å². The van der Waals surface area contributed by atoms with Gasteiger partial charge in [0.1, 0.15) is 0 Å². The Morgan fingerprint density at radius 2 is 1.80 bits per heavy atom. The second-order valence-electron chi connectivity index (χ2n) is 2.26. The lowest BCUT2D eigenvalue weighted by molar-refractivity contribution is 1.82. The van der Waals surface area contributed by atoms with Crippen LogP contribution in [0.2, 0.25) is 0 Å². The molecule has 0 bridgehead atoms. The maximum Gasteiger partial charge on any atom is -0.00992 e. The summed E-state index contributed by atoms with van der Waals surface area (Å²) in [6.45, 7) is 0. The Labute approximate surface area is 60.5 Å². The summed E-state index contributed by atoms with van der Waals surface area (Å²) in [6, 6.07) is 17.4. The molecule has 47 valence electrons. The first-order valence-corrected chi connectivity index (χ1v) is 3.32. The van der Waals surface area contributed by atoms with E-state index in [2.05, 4.69) is 24.3 Å². The third-order valence-electron chi connectivity index (χ3n) is 1.57. The van der Waals surface area contributed by atoms with Crippen LogP contribution in [0.15, 0.2) is 42.5 Å². The topological polar surface area (TPSA) is 0 Å². The second kappa shape index (κ2) is 2.14. The number of fused-ring (bicyclic) bond motifs is 1. The largest absolute Gasteiger partial charge is 0.0616 e. The summed E-state index contributed by atoms with van der Waals surface area (Å²) in [5.41, 5.74) is 2.44. The molecular formula is C10H7. The van der Waals surface area contributed by atoms with Gasteiger partial charge in [-0.3, -0.25) is 0 Å². The van der Waals surface area contributed by atoms with E-state index >= 15 is 0 Å². The highest BCUT2D eigenvalue weighted by molar-refractivity contribution is 5.64. The minimum Gasteiger partial charge on any atom is -0.0616 e. The molecule has 0 atom stereocenters. The predicted molar refractivity (Wildman–Crippen MR) is 41.9 cm³/mol. The molecule has 0 fully saturated rings. The normalized spacial score (nSPS) is 10.0. The van der Waals surface area contributed by atoms with Gasteiger partial charge in [0.05, 0.1) is 0 Å². The van der Waals surface area contributed by atoms with Crippen LogP contribution >= 0.6 is 0 Å². The molecule has 0 heterocycles. The average molecular weight is 127 g/mol. The minimum atomic E-state index is 1.19. The van der Waals surface area contributed by atoms with Crippen molar-refractivity contribution in [3.63, 3.8) is 0 Å². The standard InChI is InChI=1S/C10H7/c1-2-5-9-7-4-8-10(9)6-3-1/h1-5,7-8H. The van der Waals surface area contributed by atoms with E-state index in [0.717, 1.165) is 0 Å². The molecule has 0 unspecified atom stereocenters. The summed E-state index contributed by atoms with van der Waals surface area (Å²) < 4.78 is 0. The molecule has 0 aliphatic heterocycles. The molecule has 0 saturated heterocycles. The van der Waals surface area contributed by atoms with Crippen LogP contribution in [0.3, 0.4) is 0 Å². The van der Waals surface area contributed by atoms with Gasteiger partial charge in [-0.2, -0.15) is 0 Å². The molecule has 2 aliphatic carbocycles. The Morgan fingerprint density at radius 1 is 0.900 bits per heavy atom. The van der Waals surface area contributed by atoms with E-state index in [1.165, 1.54) is 11.1 Å². The van der Waals surface area contributed by atoms with Crippen molar-refractivity contribution >= 4 is 0 Å². The molecule has 10 heavy (non-hydrogen) atoms. The molecule has 0 aromatic rings. The first-order valence-electron chi connectivity index (χ1n) is 3.32. The van der Waals surface area contributed by atoms with Crippen LogP contribution in [-0.2, 0) is 0 Å². The Hall–Kier alpha value is -1.30. The Morgan fingerprint density at radius 3 is 2.80 bits per heavy atom. The van der Waals surface area contributed by atoms with Crippen molar-refractivity contribution < 1.29 is 0 Å². The highest BCUT2D eigenvalue weighted by Crippen LogP contribution is 2.19. The highest BCUT2D eigenvalue weighted by atomic mass is 14.0. The quantitative estimate of drug-likeness (QED) is 0.510. The van der Waals surface area contributed by atoms with Crippen molar-refractivity contribution in [2.75, 3.05) is 0 Å². The van der Waals surface area contributed by atoms with Crippen LogP contribution in [0.25, 0.3) is 11.1 Å². The zero-order valence-electron chi connectivity index (χ0n) is 5.54. The van der Waals surface area contributed by atoms with Gasteiger partial charge in [-0.1, -0.05) is 42.5 Å². The van der Waals surface area contributed by atoms with Gasteiger partial charge < -0.3 is 0 Å². The van der Waals surface area contributed by atoms with Gasteiger partial charge in [0.2, 0.25) is 0 Å². The summed E-state index contributed by atoms with van der Waals surface area (Å²) in [5, 5.41) is 0. The van der Waals surface area contributed by atoms with Crippen molar-refractivity contribution in [2.24, 2.45) is 0 Å². The van der Waals surface area contributed by atoms with Gasteiger partial charge in [0.25, 0.3) is 0 Å². The molecule has 0 aromatic carbocycles. The minimum absolute atomic E-state index is 1.19. The van der Waals surface area contributed by atoms with Crippen LogP contribution in [0, 0.1) is 6.07 Å². The van der Waals surface area contributed by atoms with Gasteiger partial charge >= 0.3 is 0 Å². The summed E-state index contributed by atoms with van der Waals surface area (Å²) in [5.74, 6) is 0. The zero-order chi connectivity index (χ0) is 6.81. The molecule has 0 spiro atoms. The van der Waals surface area contributed by atoms with E-state index in [9.17, 15) is 0 Å². The number of rotatable bonds is 0. The van der Waals surface area contributed by atoms with Gasteiger partial charge in [-0.15, -0.1) is 0 Å². The van der Waals surface area contributed by atoms with Crippen molar-refractivity contribution in [2.45, 2.75) is 0 Å². The third kappa shape index (κ3) is 0.781. The fourth-order valence-electron chi connectivity index (χ4n) is 1.06. The van der Waals surface area contributed by atoms with E-state index in [0.29, 0.717) is 0 Å². The van der Waals surface area contributed by atoms with Crippen LogP contribution in [0.5, 0.6) is 0 Å². The van der Waals surface area contributed by atoms with Crippen LogP contribution in [0.4, 0.5) is 0 Å². The van der Waals surface area contributed by atoms with Crippen molar-refractivity contribution in [1.82, 2.24) is 0 Å². The Balaban J connectivity index is 2.74. The van der Waals surface area contributed by atoms with E-state index in [1.807, 2.05) is 24.3 Å². The Bertz CT molecular complexity index is 271. The first kappa shape index (κ1) is 5.48. The van der Waals surface area contributed by atoms with Crippen molar-refractivity contribution in [1.29, 1.82) is 0 Å². The number of hydrogen-bond acceptors (Lipinski definition) is 0. The Kier molecular flexibility index (Phi) is 1.17. The van der Waals surface area contributed by atoms with Gasteiger partial charge in [-0.25, -0.2) is 0 Å². The summed E-state index contributed by atoms with van der Waals surface area (Å²) >= 11 is 0.